The van der Waals surface area contributed by atoms with E-state index in [0.29, 0.717) is 25.1 Å². The number of pyridine rings is 1. The van der Waals surface area contributed by atoms with Crippen molar-refractivity contribution in [2.45, 2.75) is 37.8 Å². The van der Waals surface area contributed by atoms with E-state index in [4.69, 9.17) is 4.74 Å². The summed E-state index contributed by atoms with van der Waals surface area (Å²) in [6, 6.07) is 4.98. The zero-order chi connectivity index (χ0) is 19.1. The molecule has 2 heterocycles. The second-order valence-corrected chi connectivity index (χ2v) is 6.70. The quantitative estimate of drug-likeness (QED) is 0.675. The highest BCUT2D eigenvalue weighted by Crippen LogP contribution is 2.27. The Bertz CT molecular complexity index is 735. The fourth-order valence-electron chi connectivity index (χ4n) is 3.44. The highest BCUT2D eigenvalue weighted by atomic mass is 16.5. The number of carbonyl (C=O) groups is 2. The molecule has 0 saturated heterocycles. The van der Waals surface area contributed by atoms with E-state index in [0.717, 1.165) is 18.5 Å². The van der Waals surface area contributed by atoms with Crippen LogP contribution in [0, 0.1) is 5.92 Å². The summed E-state index contributed by atoms with van der Waals surface area (Å²) in [4.78, 5) is 36.0. The molecule has 3 rings (SSSR count). The van der Waals surface area contributed by atoms with Crippen LogP contribution in [0.2, 0.25) is 0 Å². The molecule has 1 fully saturated rings. The van der Waals surface area contributed by atoms with Gasteiger partial charge in [-0.25, -0.2) is 4.98 Å². The number of H-pyrrole nitrogens is 1. The predicted octanol–water partition coefficient (Wildman–Crippen LogP) is 1.08. The van der Waals surface area contributed by atoms with Crippen molar-refractivity contribution in [2.24, 2.45) is 5.92 Å². The number of nitrogens with zero attached hydrogens (tertiary/aromatic N) is 2. The van der Waals surface area contributed by atoms with Gasteiger partial charge in [-0.3, -0.25) is 14.6 Å². The summed E-state index contributed by atoms with van der Waals surface area (Å²) in [5.74, 6) is -0.378. The first-order valence-corrected chi connectivity index (χ1v) is 9.17. The number of carbonyl (C=O) groups excluding carboxylic acids is 2. The minimum atomic E-state index is -0.247. The number of hydrogen-bond donors (Lipinski definition) is 3. The average Bonchev–Trinajstić information content (AvgIpc) is 3.22. The molecule has 2 aromatic heterocycles. The third-order valence-corrected chi connectivity index (χ3v) is 4.92. The van der Waals surface area contributed by atoms with Crippen LogP contribution in [0.1, 0.15) is 35.4 Å². The van der Waals surface area contributed by atoms with Crippen LogP contribution in [0.5, 0.6) is 0 Å². The van der Waals surface area contributed by atoms with Gasteiger partial charge >= 0.3 is 0 Å². The minimum absolute atomic E-state index is 0.0150. The molecule has 144 valence electrons. The largest absolute Gasteiger partial charge is 0.379 e. The fraction of sp³-hybridized carbons (Fsp3) is 0.474. The van der Waals surface area contributed by atoms with Gasteiger partial charge in [-0.05, 0) is 31.4 Å². The molecule has 2 aromatic rings. The molecule has 0 radical (unpaired) electrons. The van der Waals surface area contributed by atoms with Crippen LogP contribution in [0.4, 0.5) is 0 Å². The van der Waals surface area contributed by atoms with Crippen molar-refractivity contribution in [2.75, 3.05) is 13.7 Å². The molecule has 0 aliphatic heterocycles. The van der Waals surface area contributed by atoms with E-state index in [1.165, 1.54) is 0 Å². The monoisotopic (exact) mass is 371 g/mol. The zero-order valence-corrected chi connectivity index (χ0v) is 15.4. The summed E-state index contributed by atoms with van der Waals surface area (Å²) in [5.41, 5.74) is 1.34. The molecule has 0 unspecified atom stereocenters. The van der Waals surface area contributed by atoms with Crippen LogP contribution in [0.3, 0.4) is 0 Å². The van der Waals surface area contributed by atoms with Gasteiger partial charge in [0.15, 0.2) is 0 Å². The topological polar surface area (TPSA) is 109 Å². The molecule has 0 aromatic carbocycles. The molecular weight excluding hydrogens is 346 g/mol. The number of hydrogen-bond acceptors (Lipinski definition) is 5. The SMILES string of the molecule is CO[C@@H]1CC[C@H](C(=O)NCCc2cnc[nH]2)C[C@H]1NC(=O)c1ccccn1. The number of methoxy groups -OCH3 is 1. The van der Waals surface area contributed by atoms with Gasteiger partial charge in [0.1, 0.15) is 5.69 Å². The van der Waals surface area contributed by atoms with Crippen LogP contribution in [0.15, 0.2) is 36.9 Å². The molecular formula is C19H25N5O3. The van der Waals surface area contributed by atoms with E-state index < -0.39 is 0 Å². The Labute approximate surface area is 158 Å². The lowest BCUT2D eigenvalue weighted by Crippen LogP contribution is -2.50. The normalized spacial score (nSPS) is 22.2. The molecule has 3 N–H and O–H groups in total. The predicted molar refractivity (Wildman–Crippen MR) is 98.9 cm³/mol. The van der Waals surface area contributed by atoms with Crippen LogP contribution in [-0.4, -0.2) is 52.6 Å². The van der Waals surface area contributed by atoms with Crippen LogP contribution in [-0.2, 0) is 16.0 Å². The Morgan fingerprint density at radius 3 is 2.93 bits per heavy atom. The summed E-state index contributed by atoms with van der Waals surface area (Å²) in [5, 5.41) is 5.96. The lowest BCUT2D eigenvalue weighted by Gasteiger charge is -2.35. The standard InChI is InChI=1S/C19H25N5O3/c1-27-17-6-5-13(18(25)22-9-7-14-11-20-12-23-14)10-16(17)24-19(26)15-4-2-3-8-21-15/h2-4,8,11-13,16-17H,5-7,9-10H2,1H3,(H,20,23)(H,22,25)(H,24,26)/t13-,16+,17+/m0/s1. The number of aromatic amines is 1. The van der Waals surface area contributed by atoms with Gasteiger partial charge in [0, 0.05) is 44.1 Å². The van der Waals surface area contributed by atoms with E-state index in [1.807, 2.05) is 0 Å². The maximum Gasteiger partial charge on any atom is 0.270 e. The smallest absolute Gasteiger partial charge is 0.270 e. The van der Waals surface area contributed by atoms with E-state index in [-0.39, 0.29) is 29.9 Å². The molecule has 8 heteroatoms. The second kappa shape index (κ2) is 9.27. The van der Waals surface area contributed by atoms with Crippen molar-refractivity contribution < 1.29 is 14.3 Å². The number of amides is 2. The minimum Gasteiger partial charge on any atom is -0.379 e. The van der Waals surface area contributed by atoms with Crippen LogP contribution in [0.25, 0.3) is 0 Å². The Morgan fingerprint density at radius 2 is 2.22 bits per heavy atom. The maximum atomic E-state index is 12.5. The summed E-state index contributed by atoms with van der Waals surface area (Å²) in [6.45, 7) is 0.552. The molecule has 3 atom stereocenters. The number of aromatic nitrogens is 3. The van der Waals surface area contributed by atoms with Crippen molar-refractivity contribution in [1.29, 1.82) is 0 Å². The van der Waals surface area contributed by atoms with Gasteiger partial charge < -0.3 is 20.4 Å². The molecule has 1 aliphatic rings. The van der Waals surface area contributed by atoms with E-state index in [2.05, 4.69) is 25.6 Å². The third-order valence-electron chi connectivity index (χ3n) is 4.92. The van der Waals surface area contributed by atoms with Crippen molar-refractivity contribution in [3.8, 4) is 0 Å². The molecule has 2 amide bonds. The molecule has 27 heavy (non-hydrogen) atoms. The summed E-state index contributed by atoms with van der Waals surface area (Å²) < 4.78 is 5.52. The average molecular weight is 371 g/mol. The second-order valence-electron chi connectivity index (χ2n) is 6.70. The Kier molecular flexibility index (Phi) is 6.54. The number of rotatable bonds is 7. The Morgan fingerprint density at radius 1 is 1.33 bits per heavy atom. The van der Waals surface area contributed by atoms with Gasteiger partial charge in [-0.2, -0.15) is 0 Å². The molecule has 1 aliphatic carbocycles. The van der Waals surface area contributed by atoms with Crippen LogP contribution < -0.4 is 10.6 Å². The van der Waals surface area contributed by atoms with Crippen molar-refractivity contribution in [1.82, 2.24) is 25.6 Å². The van der Waals surface area contributed by atoms with E-state index in [1.54, 1.807) is 44.0 Å². The lowest BCUT2D eigenvalue weighted by molar-refractivity contribution is -0.127. The molecule has 1 saturated carbocycles. The Hall–Kier alpha value is -2.74. The van der Waals surface area contributed by atoms with Gasteiger partial charge in [-0.15, -0.1) is 0 Å². The molecule has 8 nitrogen and oxygen atoms in total. The zero-order valence-electron chi connectivity index (χ0n) is 15.4. The first kappa shape index (κ1) is 19.0. The Balaban J connectivity index is 1.53. The van der Waals surface area contributed by atoms with Gasteiger partial charge in [0.25, 0.3) is 5.91 Å². The third kappa shape index (κ3) is 5.13. The number of nitrogens with one attached hydrogen (secondary N) is 3. The van der Waals surface area contributed by atoms with Gasteiger partial charge in [0.2, 0.25) is 5.91 Å². The number of ether oxygens (including phenoxy) is 1. The summed E-state index contributed by atoms with van der Waals surface area (Å²) >= 11 is 0. The van der Waals surface area contributed by atoms with Crippen molar-refractivity contribution >= 4 is 11.8 Å². The lowest BCUT2D eigenvalue weighted by atomic mass is 9.83. The van der Waals surface area contributed by atoms with Crippen LogP contribution >= 0.6 is 0 Å². The van der Waals surface area contributed by atoms with Crippen molar-refractivity contribution in [3.63, 3.8) is 0 Å². The van der Waals surface area contributed by atoms with Gasteiger partial charge in [-0.1, -0.05) is 6.07 Å². The van der Waals surface area contributed by atoms with E-state index in [9.17, 15) is 9.59 Å². The number of imidazole rings is 1. The fourth-order valence-corrected chi connectivity index (χ4v) is 3.44. The van der Waals surface area contributed by atoms with Gasteiger partial charge in [0.05, 0.1) is 18.5 Å². The highest BCUT2D eigenvalue weighted by molar-refractivity contribution is 5.92. The summed E-state index contributed by atoms with van der Waals surface area (Å²) in [6.07, 6.45) is 7.57. The first-order chi connectivity index (χ1) is 13.2. The summed E-state index contributed by atoms with van der Waals surface area (Å²) in [7, 11) is 1.63. The van der Waals surface area contributed by atoms with E-state index >= 15 is 0 Å². The first-order valence-electron chi connectivity index (χ1n) is 9.17. The van der Waals surface area contributed by atoms with Crippen molar-refractivity contribution in [3.05, 3.63) is 48.3 Å². The highest BCUT2D eigenvalue weighted by Gasteiger charge is 2.35. The molecule has 0 bridgehead atoms. The molecule has 0 spiro atoms. The maximum absolute atomic E-state index is 12.5.